The van der Waals surface area contributed by atoms with Crippen LogP contribution in [-0.4, -0.2) is 18.4 Å². The molecule has 1 heterocycles. The van der Waals surface area contributed by atoms with Crippen molar-refractivity contribution in [2.75, 3.05) is 11.4 Å². The smallest absolute Gasteiger partial charge is 0.316 e. The van der Waals surface area contributed by atoms with Crippen LogP contribution in [0.1, 0.15) is 17.5 Å². The van der Waals surface area contributed by atoms with E-state index in [1.54, 1.807) is 35.2 Å². The maximum Gasteiger partial charge on any atom is 0.316 e. The second-order valence-electron chi connectivity index (χ2n) is 7.11. The molecule has 0 radical (unpaired) electrons. The summed E-state index contributed by atoms with van der Waals surface area (Å²) in [4.78, 5) is 26.5. The third-order valence-electron chi connectivity index (χ3n) is 4.97. The molecule has 4 rings (SSSR count). The summed E-state index contributed by atoms with van der Waals surface area (Å²) in [7, 11) is 0. The zero-order chi connectivity index (χ0) is 20.2. The summed E-state index contributed by atoms with van der Waals surface area (Å²) in [5, 5.41) is 0.553. The molecule has 1 fully saturated rings. The van der Waals surface area contributed by atoms with Gasteiger partial charge in [-0.3, -0.25) is 9.59 Å². The summed E-state index contributed by atoms with van der Waals surface area (Å²) in [5.74, 6) is -0.503. The van der Waals surface area contributed by atoms with Crippen molar-refractivity contribution in [3.8, 4) is 5.75 Å². The van der Waals surface area contributed by atoms with Crippen LogP contribution in [0.5, 0.6) is 5.75 Å². The normalized spacial score (nSPS) is 16.1. The van der Waals surface area contributed by atoms with E-state index >= 15 is 0 Å². The molecule has 29 heavy (non-hydrogen) atoms. The Hall–Kier alpha value is -3.11. The summed E-state index contributed by atoms with van der Waals surface area (Å²) >= 11 is 6.01. The number of rotatable bonds is 5. The van der Waals surface area contributed by atoms with Gasteiger partial charge in [0, 0.05) is 23.7 Å². The molecular formula is C24H20ClNO3. The number of benzene rings is 3. The monoisotopic (exact) mass is 405 g/mol. The van der Waals surface area contributed by atoms with Crippen molar-refractivity contribution in [1.29, 1.82) is 0 Å². The van der Waals surface area contributed by atoms with Gasteiger partial charge in [0.05, 0.1) is 5.92 Å². The molecule has 3 aromatic carbocycles. The molecule has 0 aromatic heterocycles. The fourth-order valence-corrected chi connectivity index (χ4v) is 3.65. The van der Waals surface area contributed by atoms with E-state index in [-0.39, 0.29) is 12.3 Å². The lowest BCUT2D eigenvalue weighted by Gasteiger charge is -2.16. The van der Waals surface area contributed by atoms with Crippen LogP contribution < -0.4 is 9.64 Å². The molecule has 0 saturated carbocycles. The largest absolute Gasteiger partial charge is 0.426 e. The molecule has 0 unspecified atom stereocenters. The molecule has 0 N–H and O–H groups in total. The number of hydrogen-bond acceptors (Lipinski definition) is 3. The van der Waals surface area contributed by atoms with Gasteiger partial charge in [-0.2, -0.15) is 0 Å². The van der Waals surface area contributed by atoms with Gasteiger partial charge in [0.15, 0.2) is 0 Å². The van der Waals surface area contributed by atoms with Crippen LogP contribution in [0.3, 0.4) is 0 Å². The van der Waals surface area contributed by atoms with Crippen LogP contribution in [0.25, 0.3) is 0 Å². The Morgan fingerprint density at radius 1 is 0.966 bits per heavy atom. The molecule has 1 aliphatic rings. The van der Waals surface area contributed by atoms with Gasteiger partial charge in [-0.05, 0) is 47.9 Å². The van der Waals surface area contributed by atoms with E-state index in [1.807, 2.05) is 36.4 Å². The summed E-state index contributed by atoms with van der Waals surface area (Å²) in [5.41, 5.74) is 3.06. The molecule has 0 spiro atoms. The molecule has 1 saturated heterocycles. The molecule has 1 aliphatic heterocycles. The first-order valence-corrected chi connectivity index (χ1v) is 9.87. The maximum absolute atomic E-state index is 12.6. The highest BCUT2D eigenvalue weighted by molar-refractivity contribution is 6.31. The van der Waals surface area contributed by atoms with Crippen molar-refractivity contribution in [3.05, 3.63) is 95.0 Å². The minimum atomic E-state index is -0.495. The fraction of sp³-hybridized carbons (Fsp3) is 0.167. The highest BCUT2D eigenvalue weighted by Crippen LogP contribution is 2.28. The minimum Gasteiger partial charge on any atom is -0.426 e. The molecule has 0 bridgehead atoms. The minimum absolute atomic E-state index is 0.104. The highest BCUT2D eigenvalue weighted by atomic mass is 35.5. The number of anilines is 1. The van der Waals surface area contributed by atoms with E-state index in [2.05, 4.69) is 12.1 Å². The first kappa shape index (κ1) is 19.2. The fourth-order valence-electron chi connectivity index (χ4n) is 3.47. The van der Waals surface area contributed by atoms with Crippen LogP contribution in [-0.2, 0) is 16.0 Å². The lowest BCUT2D eigenvalue weighted by molar-refractivity contribution is -0.139. The molecular weight excluding hydrogens is 386 g/mol. The van der Waals surface area contributed by atoms with Gasteiger partial charge in [-0.1, -0.05) is 60.1 Å². The van der Waals surface area contributed by atoms with Crippen LogP contribution in [0.4, 0.5) is 5.69 Å². The third-order valence-corrected chi connectivity index (χ3v) is 5.21. The lowest BCUT2D eigenvalue weighted by atomic mass is 10.1. The van der Waals surface area contributed by atoms with E-state index in [4.69, 9.17) is 16.3 Å². The summed E-state index contributed by atoms with van der Waals surface area (Å²) in [6.07, 6.45) is 0.957. The van der Waals surface area contributed by atoms with Gasteiger partial charge in [0.25, 0.3) is 0 Å². The Labute approximate surface area is 174 Å². The van der Waals surface area contributed by atoms with Gasteiger partial charge in [0.2, 0.25) is 5.91 Å². The summed E-state index contributed by atoms with van der Waals surface area (Å²) in [6, 6.07) is 24.7. The average Bonchev–Trinajstić information content (AvgIpc) is 3.12. The number of esters is 1. The van der Waals surface area contributed by atoms with Crippen LogP contribution in [0, 0.1) is 5.92 Å². The number of ether oxygens (including phenoxy) is 1. The molecule has 0 aliphatic carbocycles. The molecule has 1 atom stereocenters. The number of carbonyl (C=O) groups excluding carboxylic acids is 2. The number of amides is 1. The second-order valence-corrected chi connectivity index (χ2v) is 7.55. The Morgan fingerprint density at radius 2 is 1.69 bits per heavy atom. The number of hydrogen-bond donors (Lipinski definition) is 0. The van der Waals surface area contributed by atoms with Crippen molar-refractivity contribution in [3.63, 3.8) is 0 Å². The van der Waals surface area contributed by atoms with E-state index in [1.165, 1.54) is 5.56 Å². The van der Waals surface area contributed by atoms with Crippen molar-refractivity contribution < 1.29 is 14.3 Å². The van der Waals surface area contributed by atoms with E-state index < -0.39 is 11.9 Å². The molecule has 3 aromatic rings. The number of nitrogens with zero attached hydrogens (tertiary/aromatic N) is 1. The average molecular weight is 406 g/mol. The highest BCUT2D eigenvalue weighted by Gasteiger charge is 2.36. The van der Waals surface area contributed by atoms with E-state index in [9.17, 15) is 9.59 Å². The van der Waals surface area contributed by atoms with E-state index in [0.717, 1.165) is 12.0 Å². The molecule has 4 nitrogen and oxygen atoms in total. The SMILES string of the molecule is O=C(Oc1ccc(Cc2ccccc2)cc1)[C@@H]1CC(=O)N(c2cccc(Cl)c2)C1. The van der Waals surface area contributed by atoms with Crippen LogP contribution in [0.15, 0.2) is 78.9 Å². The first-order valence-electron chi connectivity index (χ1n) is 9.49. The Bertz CT molecular complexity index is 1020. The molecule has 146 valence electrons. The van der Waals surface area contributed by atoms with Crippen LogP contribution >= 0.6 is 11.6 Å². The zero-order valence-corrected chi connectivity index (χ0v) is 16.5. The predicted molar refractivity (Wildman–Crippen MR) is 113 cm³/mol. The van der Waals surface area contributed by atoms with Crippen molar-refractivity contribution in [1.82, 2.24) is 0 Å². The van der Waals surface area contributed by atoms with E-state index in [0.29, 0.717) is 23.0 Å². The molecule has 5 heteroatoms. The topological polar surface area (TPSA) is 46.6 Å². The third kappa shape index (κ3) is 4.66. The number of halogens is 1. The quantitative estimate of drug-likeness (QED) is 0.448. The second kappa shape index (κ2) is 8.50. The summed E-state index contributed by atoms with van der Waals surface area (Å²) < 4.78 is 5.52. The van der Waals surface area contributed by atoms with Crippen LogP contribution in [0.2, 0.25) is 5.02 Å². The predicted octanol–water partition coefficient (Wildman–Crippen LogP) is 4.89. The zero-order valence-electron chi connectivity index (χ0n) is 15.8. The summed E-state index contributed by atoms with van der Waals surface area (Å²) in [6.45, 7) is 0.296. The van der Waals surface area contributed by atoms with Gasteiger partial charge < -0.3 is 9.64 Å². The molecule has 1 amide bonds. The standard InChI is InChI=1S/C24H20ClNO3/c25-20-7-4-8-21(15-20)26-16-19(14-23(26)27)24(28)29-22-11-9-18(10-12-22)13-17-5-2-1-3-6-17/h1-12,15,19H,13-14,16H2/t19-/m1/s1. The van der Waals surface area contributed by atoms with Crippen molar-refractivity contribution in [2.24, 2.45) is 5.92 Å². The van der Waals surface area contributed by atoms with Crippen molar-refractivity contribution in [2.45, 2.75) is 12.8 Å². The number of carbonyl (C=O) groups is 2. The van der Waals surface area contributed by atoms with Gasteiger partial charge in [-0.15, -0.1) is 0 Å². The Kier molecular flexibility index (Phi) is 5.63. The maximum atomic E-state index is 12.6. The Balaban J connectivity index is 1.37. The van der Waals surface area contributed by atoms with Gasteiger partial charge >= 0.3 is 5.97 Å². The lowest BCUT2D eigenvalue weighted by Crippen LogP contribution is -2.27. The van der Waals surface area contributed by atoms with Crippen molar-refractivity contribution >= 4 is 29.2 Å². The van der Waals surface area contributed by atoms with Gasteiger partial charge in [0.1, 0.15) is 5.75 Å². The van der Waals surface area contributed by atoms with Gasteiger partial charge in [-0.25, -0.2) is 0 Å². The Morgan fingerprint density at radius 3 is 2.41 bits per heavy atom. The first-order chi connectivity index (χ1) is 14.1.